The standard InChI is InChI=1S/C19H30N2O2/c1-6-8-18(22)21(13-17-10-7-9-15(4)11-17)16(5)19(23)20-12-14(2)3/h7,9-11,14,16H,6,8,12-13H2,1-5H3,(H,20,23)/t16-/m1/s1. The Morgan fingerprint density at radius 3 is 2.48 bits per heavy atom. The molecule has 0 bridgehead atoms. The topological polar surface area (TPSA) is 49.4 Å². The minimum absolute atomic E-state index is 0.0289. The van der Waals surface area contributed by atoms with Crippen molar-refractivity contribution >= 4 is 11.8 Å². The number of aryl methyl sites for hydroxylation is 1. The molecule has 2 amide bonds. The number of hydrogen-bond donors (Lipinski definition) is 1. The van der Waals surface area contributed by atoms with Crippen molar-refractivity contribution in [1.29, 1.82) is 0 Å². The Labute approximate surface area is 140 Å². The fourth-order valence-electron chi connectivity index (χ4n) is 2.40. The molecule has 1 aromatic carbocycles. The van der Waals surface area contributed by atoms with Gasteiger partial charge in [0.15, 0.2) is 0 Å². The molecule has 4 nitrogen and oxygen atoms in total. The van der Waals surface area contributed by atoms with Gasteiger partial charge < -0.3 is 10.2 Å². The summed E-state index contributed by atoms with van der Waals surface area (Å²) in [6.07, 6.45) is 1.25. The molecule has 0 aliphatic rings. The number of nitrogens with one attached hydrogen (secondary N) is 1. The minimum atomic E-state index is -0.465. The van der Waals surface area contributed by atoms with E-state index in [1.54, 1.807) is 11.8 Å². The van der Waals surface area contributed by atoms with Gasteiger partial charge in [0.2, 0.25) is 11.8 Å². The maximum absolute atomic E-state index is 12.5. The summed E-state index contributed by atoms with van der Waals surface area (Å²) in [6, 6.07) is 7.60. The van der Waals surface area contributed by atoms with Gasteiger partial charge in [-0.2, -0.15) is 0 Å². The number of nitrogens with zero attached hydrogens (tertiary/aromatic N) is 1. The van der Waals surface area contributed by atoms with E-state index >= 15 is 0 Å². The number of rotatable bonds is 8. The first-order valence-electron chi connectivity index (χ1n) is 8.47. The quantitative estimate of drug-likeness (QED) is 0.799. The molecule has 4 heteroatoms. The molecule has 0 saturated carbocycles. The third-order valence-corrected chi connectivity index (χ3v) is 3.75. The maximum atomic E-state index is 12.5. The monoisotopic (exact) mass is 318 g/mol. The van der Waals surface area contributed by atoms with Gasteiger partial charge in [-0.05, 0) is 31.7 Å². The third-order valence-electron chi connectivity index (χ3n) is 3.75. The molecule has 1 atom stereocenters. The SMILES string of the molecule is CCCC(=O)N(Cc1cccc(C)c1)[C@H](C)C(=O)NCC(C)C. The van der Waals surface area contributed by atoms with E-state index < -0.39 is 6.04 Å². The second-order valence-corrected chi connectivity index (χ2v) is 6.58. The van der Waals surface area contributed by atoms with Gasteiger partial charge in [-0.25, -0.2) is 0 Å². The van der Waals surface area contributed by atoms with Crippen LogP contribution in [0.1, 0.15) is 51.7 Å². The second-order valence-electron chi connectivity index (χ2n) is 6.58. The molecule has 0 aromatic heterocycles. The first-order chi connectivity index (χ1) is 10.8. The smallest absolute Gasteiger partial charge is 0.242 e. The van der Waals surface area contributed by atoms with Crippen LogP contribution in [0.5, 0.6) is 0 Å². The zero-order chi connectivity index (χ0) is 17.4. The van der Waals surface area contributed by atoms with Crippen molar-refractivity contribution in [2.24, 2.45) is 5.92 Å². The van der Waals surface area contributed by atoms with Crippen molar-refractivity contribution < 1.29 is 9.59 Å². The average Bonchev–Trinajstić information content (AvgIpc) is 2.49. The molecular weight excluding hydrogens is 288 g/mol. The lowest BCUT2D eigenvalue weighted by Crippen LogP contribution is -2.48. The van der Waals surface area contributed by atoms with E-state index in [4.69, 9.17) is 0 Å². The molecule has 0 heterocycles. The average molecular weight is 318 g/mol. The molecule has 0 unspecified atom stereocenters. The largest absolute Gasteiger partial charge is 0.354 e. The van der Waals surface area contributed by atoms with Crippen LogP contribution in [0, 0.1) is 12.8 Å². The normalized spacial score (nSPS) is 12.1. The Kier molecular flexibility index (Phi) is 7.79. The second kappa shape index (κ2) is 9.33. The fourth-order valence-corrected chi connectivity index (χ4v) is 2.40. The van der Waals surface area contributed by atoms with Gasteiger partial charge in [-0.3, -0.25) is 9.59 Å². The van der Waals surface area contributed by atoms with E-state index in [9.17, 15) is 9.59 Å². The first kappa shape index (κ1) is 19.2. The molecule has 1 aromatic rings. The van der Waals surface area contributed by atoms with Crippen molar-refractivity contribution in [3.63, 3.8) is 0 Å². The van der Waals surface area contributed by atoms with Crippen molar-refractivity contribution in [2.75, 3.05) is 6.54 Å². The van der Waals surface area contributed by atoms with Crippen LogP contribution in [0.4, 0.5) is 0 Å². The number of hydrogen-bond acceptors (Lipinski definition) is 2. The highest BCUT2D eigenvalue weighted by atomic mass is 16.2. The third kappa shape index (κ3) is 6.43. The molecule has 23 heavy (non-hydrogen) atoms. The van der Waals surface area contributed by atoms with Crippen molar-refractivity contribution in [3.05, 3.63) is 35.4 Å². The van der Waals surface area contributed by atoms with Gasteiger partial charge in [0, 0.05) is 19.5 Å². The predicted octanol–water partition coefficient (Wildman–Crippen LogP) is 3.28. The number of benzene rings is 1. The Bertz CT molecular complexity index is 526. The van der Waals surface area contributed by atoms with E-state index in [1.165, 1.54) is 0 Å². The van der Waals surface area contributed by atoms with Crippen molar-refractivity contribution in [3.8, 4) is 0 Å². The van der Waals surface area contributed by atoms with Crippen LogP contribution in [0.3, 0.4) is 0 Å². The number of carbonyl (C=O) groups excluding carboxylic acids is 2. The Hall–Kier alpha value is -1.84. The highest BCUT2D eigenvalue weighted by molar-refractivity contribution is 5.87. The van der Waals surface area contributed by atoms with Crippen LogP contribution >= 0.6 is 0 Å². The van der Waals surface area contributed by atoms with Crippen molar-refractivity contribution in [1.82, 2.24) is 10.2 Å². The minimum Gasteiger partial charge on any atom is -0.354 e. The first-order valence-corrected chi connectivity index (χ1v) is 8.47. The summed E-state index contributed by atoms with van der Waals surface area (Å²) in [5.74, 6) is 0.333. The zero-order valence-corrected chi connectivity index (χ0v) is 15.1. The summed E-state index contributed by atoms with van der Waals surface area (Å²) in [4.78, 5) is 26.5. The molecular formula is C19H30N2O2. The summed E-state index contributed by atoms with van der Waals surface area (Å²) in [5.41, 5.74) is 2.21. The summed E-state index contributed by atoms with van der Waals surface area (Å²) < 4.78 is 0. The van der Waals surface area contributed by atoms with Gasteiger partial charge in [-0.15, -0.1) is 0 Å². The van der Waals surface area contributed by atoms with Gasteiger partial charge in [0.25, 0.3) is 0 Å². The van der Waals surface area contributed by atoms with Crippen LogP contribution in [-0.2, 0) is 16.1 Å². The molecule has 1 N–H and O–H groups in total. The highest BCUT2D eigenvalue weighted by Crippen LogP contribution is 2.13. The molecule has 0 aliphatic carbocycles. The highest BCUT2D eigenvalue weighted by Gasteiger charge is 2.25. The lowest BCUT2D eigenvalue weighted by atomic mass is 10.1. The van der Waals surface area contributed by atoms with Gasteiger partial charge in [0.05, 0.1) is 0 Å². The summed E-state index contributed by atoms with van der Waals surface area (Å²) in [7, 11) is 0. The van der Waals surface area contributed by atoms with Gasteiger partial charge in [0.1, 0.15) is 6.04 Å². The van der Waals surface area contributed by atoms with Crippen LogP contribution in [0.25, 0.3) is 0 Å². The van der Waals surface area contributed by atoms with E-state index in [0.717, 1.165) is 17.5 Å². The van der Waals surface area contributed by atoms with Gasteiger partial charge in [-0.1, -0.05) is 50.6 Å². The lowest BCUT2D eigenvalue weighted by Gasteiger charge is -2.29. The van der Waals surface area contributed by atoms with Crippen LogP contribution in [-0.4, -0.2) is 29.3 Å². The number of amides is 2. The zero-order valence-electron chi connectivity index (χ0n) is 15.1. The van der Waals surface area contributed by atoms with Crippen LogP contribution in [0.2, 0.25) is 0 Å². The van der Waals surface area contributed by atoms with Crippen molar-refractivity contribution in [2.45, 2.75) is 60.0 Å². The fraction of sp³-hybridized carbons (Fsp3) is 0.579. The van der Waals surface area contributed by atoms with E-state index in [2.05, 4.69) is 25.2 Å². The molecule has 0 saturated heterocycles. The van der Waals surface area contributed by atoms with Crippen LogP contribution < -0.4 is 5.32 Å². The summed E-state index contributed by atoms with van der Waals surface area (Å²) in [6.45, 7) is 11.0. The Morgan fingerprint density at radius 2 is 1.91 bits per heavy atom. The molecule has 0 spiro atoms. The summed E-state index contributed by atoms with van der Waals surface area (Å²) in [5, 5.41) is 2.92. The Balaban J connectivity index is 2.86. The van der Waals surface area contributed by atoms with Crippen LogP contribution in [0.15, 0.2) is 24.3 Å². The van der Waals surface area contributed by atoms with E-state index in [1.807, 2.05) is 32.0 Å². The van der Waals surface area contributed by atoms with Gasteiger partial charge >= 0.3 is 0 Å². The molecule has 0 fully saturated rings. The van der Waals surface area contributed by atoms with E-state index in [0.29, 0.717) is 25.4 Å². The Morgan fingerprint density at radius 1 is 1.22 bits per heavy atom. The molecule has 0 radical (unpaired) electrons. The predicted molar refractivity (Wildman–Crippen MR) is 93.9 cm³/mol. The lowest BCUT2D eigenvalue weighted by molar-refractivity contribution is -0.140. The molecule has 1 rings (SSSR count). The summed E-state index contributed by atoms with van der Waals surface area (Å²) >= 11 is 0. The molecule has 0 aliphatic heterocycles. The van der Waals surface area contributed by atoms with E-state index in [-0.39, 0.29) is 11.8 Å². The molecule has 128 valence electrons. The maximum Gasteiger partial charge on any atom is 0.242 e. The number of carbonyl (C=O) groups is 2.